The summed E-state index contributed by atoms with van der Waals surface area (Å²) in [5, 5.41) is 6.36. The first-order chi connectivity index (χ1) is 8.65. The van der Waals surface area contributed by atoms with Crippen LogP contribution in [0.25, 0.3) is 0 Å². The van der Waals surface area contributed by atoms with Gasteiger partial charge in [0.05, 0.1) is 0 Å². The minimum atomic E-state index is -0.230. The quantitative estimate of drug-likeness (QED) is 0.673. The van der Waals surface area contributed by atoms with Crippen molar-refractivity contribution in [2.45, 2.75) is 57.0 Å². The lowest BCUT2D eigenvalue weighted by Gasteiger charge is -2.28. The van der Waals surface area contributed by atoms with Crippen molar-refractivity contribution >= 4 is 11.8 Å². The summed E-state index contributed by atoms with van der Waals surface area (Å²) in [6, 6.07) is 0.464. The van der Waals surface area contributed by atoms with Crippen LogP contribution >= 0.6 is 0 Å². The van der Waals surface area contributed by atoms with Crippen molar-refractivity contribution in [3.8, 4) is 0 Å². The van der Waals surface area contributed by atoms with Gasteiger partial charge >= 0.3 is 0 Å². The molecule has 5 nitrogen and oxygen atoms in total. The van der Waals surface area contributed by atoms with Gasteiger partial charge in [-0.1, -0.05) is 6.42 Å². The van der Waals surface area contributed by atoms with Crippen LogP contribution in [0.2, 0.25) is 0 Å². The third-order valence-electron chi connectivity index (χ3n) is 4.04. The van der Waals surface area contributed by atoms with Crippen molar-refractivity contribution in [1.29, 1.82) is 0 Å². The van der Waals surface area contributed by atoms with Crippen LogP contribution in [0.15, 0.2) is 0 Å². The van der Waals surface area contributed by atoms with E-state index in [0.717, 1.165) is 38.6 Å². The number of hydrogen-bond acceptors (Lipinski definition) is 3. The molecule has 0 radical (unpaired) electrons. The van der Waals surface area contributed by atoms with Gasteiger partial charge in [0.1, 0.15) is 0 Å². The lowest BCUT2D eigenvalue weighted by molar-refractivity contribution is -0.125. The zero-order valence-electron chi connectivity index (χ0n) is 10.8. The summed E-state index contributed by atoms with van der Waals surface area (Å²) in [6.45, 7) is 1.02. The van der Waals surface area contributed by atoms with Crippen molar-refractivity contribution in [3.63, 3.8) is 0 Å². The maximum atomic E-state index is 11.9. The molecule has 1 aliphatic heterocycles. The third kappa shape index (κ3) is 3.70. The second-order valence-electron chi connectivity index (χ2n) is 5.53. The standard InChI is InChI=1S/C13H23N3O2/c14-13(18)9-3-1-4-11(7-9)16-12(17)8-10-5-2-6-15-10/h9-11,15H,1-8H2,(H2,14,18)(H,16,17). The Morgan fingerprint density at radius 1 is 1.22 bits per heavy atom. The van der Waals surface area contributed by atoms with E-state index in [1.165, 1.54) is 0 Å². The summed E-state index contributed by atoms with van der Waals surface area (Å²) < 4.78 is 0. The molecule has 2 aliphatic rings. The van der Waals surface area contributed by atoms with Gasteiger partial charge in [-0.2, -0.15) is 0 Å². The highest BCUT2D eigenvalue weighted by molar-refractivity contribution is 5.78. The van der Waals surface area contributed by atoms with Crippen LogP contribution in [0.5, 0.6) is 0 Å². The second kappa shape index (κ2) is 6.18. The molecule has 0 spiro atoms. The number of carbonyl (C=O) groups excluding carboxylic acids is 2. The molecule has 2 rings (SSSR count). The molecule has 2 fully saturated rings. The Kier molecular flexibility index (Phi) is 4.58. The average molecular weight is 253 g/mol. The molecule has 0 aromatic carbocycles. The molecule has 3 unspecified atom stereocenters. The summed E-state index contributed by atoms with van der Waals surface area (Å²) in [7, 11) is 0. The Labute approximate surface area is 108 Å². The van der Waals surface area contributed by atoms with Gasteiger partial charge in [0.2, 0.25) is 11.8 Å². The maximum Gasteiger partial charge on any atom is 0.221 e. The number of rotatable bonds is 4. The lowest BCUT2D eigenvalue weighted by atomic mass is 9.85. The zero-order chi connectivity index (χ0) is 13.0. The molecule has 0 aromatic heterocycles. The van der Waals surface area contributed by atoms with Gasteiger partial charge in [-0.15, -0.1) is 0 Å². The number of carbonyl (C=O) groups is 2. The first-order valence-electron chi connectivity index (χ1n) is 6.97. The zero-order valence-corrected chi connectivity index (χ0v) is 10.8. The first-order valence-corrected chi connectivity index (χ1v) is 6.97. The number of nitrogens with one attached hydrogen (secondary N) is 2. The van der Waals surface area contributed by atoms with Crippen LogP contribution in [0, 0.1) is 5.92 Å². The smallest absolute Gasteiger partial charge is 0.221 e. The first kappa shape index (κ1) is 13.3. The predicted molar refractivity (Wildman–Crippen MR) is 68.7 cm³/mol. The third-order valence-corrected chi connectivity index (χ3v) is 4.04. The topological polar surface area (TPSA) is 84.2 Å². The monoisotopic (exact) mass is 253 g/mol. The molecule has 18 heavy (non-hydrogen) atoms. The molecular formula is C13H23N3O2. The van der Waals surface area contributed by atoms with Gasteiger partial charge in [-0.25, -0.2) is 0 Å². The highest BCUT2D eigenvalue weighted by atomic mass is 16.2. The molecule has 3 atom stereocenters. The van der Waals surface area contributed by atoms with E-state index in [4.69, 9.17) is 5.73 Å². The number of hydrogen-bond donors (Lipinski definition) is 3. The molecule has 5 heteroatoms. The fourth-order valence-electron chi connectivity index (χ4n) is 3.02. The van der Waals surface area contributed by atoms with E-state index >= 15 is 0 Å². The normalized spacial score (nSPS) is 32.1. The van der Waals surface area contributed by atoms with E-state index in [9.17, 15) is 9.59 Å². The molecule has 1 aliphatic carbocycles. The van der Waals surface area contributed by atoms with Crippen LogP contribution < -0.4 is 16.4 Å². The predicted octanol–water partition coefficient (Wildman–Crippen LogP) is 0.289. The van der Waals surface area contributed by atoms with Crippen LogP contribution in [0.4, 0.5) is 0 Å². The molecule has 2 amide bonds. The Morgan fingerprint density at radius 2 is 2.06 bits per heavy atom. The average Bonchev–Trinajstić information content (AvgIpc) is 2.82. The summed E-state index contributed by atoms with van der Waals surface area (Å²) in [5.41, 5.74) is 5.33. The Bertz CT molecular complexity index is 313. The van der Waals surface area contributed by atoms with Crippen molar-refractivity contribution in [3.05, 3.63) is 0 Å². The lowest BCUT2D eigenvalue weighted by Crippen LogP contribution is -2.42. The SMILES string of the molecule is NC(=O)C1CCCC(NC(=O)CC2CCCN2)C1. The molecular weight excluding hydrogens is 230 g/mol. The largest absolute Gasteiger partial charge is 0.369 e. The fraction of sp³-hybridized carbons (Fsp3) is 0.846. The highest BCUT2D eigenvalue weighted by Gasteiger charge is 2.27. The molecule has 0 aromatic rings. The molecule has 102 valence electrons. The van der Waals surface area contributed by atoms with Crippen molar-refractivity contribution in [1.82, 2.24) is 10.6 Å². The van der Waals surface area contributed by atoms with E-state index < -0.39 is 0 Å². The Hall–Kier alpha value is -1.10. The van der Waals surface area contributed by atoms with Crippen molar-refractivity contribution < 1.29 is 9.59 Å². The van der Waals surface area contributed by atoms with Gasteiger partial charge in [-0.3, -0.25) is 9.59 Å². The summed E-state index contributed by atoms with van der Waals surface area (Å²) in [6.07, 6.45) is 6.31. The fourth-order valence-corrected chi connectivity index (χ4v) is 3.02. The summed E-state index contributed by atoms with van der Waals surface area (Å²) in [4.78, 5) is 23.0. The van der Waals surface area contributed by atoms with E-state index in [-0.39, 0.29) is 23.8 Å². The van der Waals surface area contributed by atoms with E-state index in [2.05, 4.69) is 10.6 Å². The molecule has 1 saturated heterocycles. The Morgan fingerprint density at radius 3 is 2.72 bits per heavy atom. The maximum absolute atomic E-state index is 11.9. The van der Waals surface area contributed by atoms with Crippen molar-refractivity contribution in [2.75, 3.05) is 6.54 Å². The number of primary amides is 1. The Balaban J connectivity index is 1.74. The minimum absolute atomic E-state index is 0.0614. The van der Waals surface area contributed by atoms with E-state index in [1.54, 1.807) is 0 Å². The van der Waals surface area contributed by atoms with Gasteiger partial charge in [0, 0.05) is 24.4 Å². The summed E-state index contributed by atoms with van der Waals surface area (Å²) in [5.74, 6) is -0.190. The van der Waals surface area contributed by atoms with Gasteiger partial charge in [0.15, 0.2) is 0 Å². The van der Waals surface area contributed by atoms with Gasteiger partial charge in [-0.05, 0) is 38.6 Å². The summed E-state index contributed by atoms with van der Waals surface area (Å²) >= 11 is 0. The van der Waals surface area contributed by atoms with Gasteiger partial charge in [0.25, 0.3) is 0 Å². The molecule has 1 heterocycles. The van der Waals surface area contributed by atoms with Gasteiger partial charge < -0.3 is 16.4 Å². The molecule has 1 saturated carbocycles. The van der Waals surface area contributed by atoms with E-state index in [1.807, 2.05) is 0 Å². The molecule has 4 N–H and O–H groups in total. The minimum Gasteiger partial charge on any atom is -0.369 e. The van der Waals surface area contributed by atoms with Crippen LogP contribution in [0.1, 0.15) is 44.9 Å². The van der Waals surface area contributed by atoms with E-state index in [0.29, 0.717) is 18.9 Å². The highest BCUT2D eigenvalue weighted by Crippen LogP contribution is 2.24. The number of nitrogens with two attached hydrogens (primary N) is 1. The molecule has 0 bridgehead atoms. The van der Waals surface area contributed by atoms with Crippen LogP contribution in [0.3, 0.4) is 0 Å². The van der Waals surface area contributed by atoms with Crippen molar-refractivity contribution in [2.24, 2.45) is 11.7 Å². The van der Waals surface area contributed by atoms with Crippen LogP contribution in [-0.2, 0) is 9.59 Å². The van der Waals surface area contributed by atoms with Crippen LogP contribution in [-0.4, -0.2) is 30.4 Å². The number of amides is 2. The second-order valence-corrected chi connectivity index (χ2v) is 5.53.